The van der Waals surface area contributed by atoms with Gasteiger partial charge in [0.15, 0.2) is 0 Å². The number of hydrogen-bond donors (Lipinski definition) is 1. The van der Waals surface area contributed by atoms with Gasteiger partial charge >= 0.3 is 5.97 Å². The van der Waals surface area contributed by atoms with Gasteiger partial charge in [0.25, 0.3) is 0 Å². The van der Waals surface area contributed by atoms with Gasteiger partial charge in [-0.25, -0.2) is 0 Å². The highest BCUT2D eigenvalue weighted by Gasteiger charge is 2.39. The Morgan fingerprint density at radius 3 is 2.72 bits per heavy atom. The van der Waals surface area contributed by atoms with Crippen molar-refractivity contribution in [3.8, 4) is 0 Å². The molecule has 1 fully saturated rings. The van der Waals surface area contributed by atoms with Crippen LogP contribution in [0.5, 0.6) is 0 Å². The van der Waals surface area contributed by atoms with E-state index in [0.717, 1.165) is 13.0 Å². The predicted octanol–water partition coefficient (Wildman–Crippen LogP) is 1.59. The van der Waals surface area contributed by atoms with Crippen molar-refractivity contribution in [2.75, 3.05) is 20.2 Å². The van der Waals surface area contributed by atoms with Crippen molar-refractivity contribution in [3.05, 3.63) is 0 Å². The molecular formula is C12H23N4O2+. The molecule has 0 bridgehead atoms. The van der Waals surface area contributed by atoms with E-state index in [1.54, 1.807) is 0 Å². The Morgan fingerprint density at radius 1 is 1.56 bits per heavy atom. The highest BCUT2D eigenvalue weighted by molar-refractivity contribution is 5.76. The second-order valence-corrected chi connectivity index (χ2v) is 5.95. The van der Waals surface area contributed by atoms with E-state index < -0.39 is 0 Å². The molecule has 1 N–H and O–H groups in total. The van der Waals surface area contributed by atoms with Crippen molar-refractivity contribution < 1.29 is 9.53 Å². The first kappa shape index (κ1) is 14.8. The number of likely N-dealkylation sites (tertiary alicyclic amines) is 1. The van der Waals surface area contributed by atoms with Gasteiger partial charge < -0.3 is 4.74 Å². The van der Waals surface area contributed by atoms with Gasteiger partial charge in [0.1, 0.15) is 22.7 Å². The van der Waals surface area contributed by atoms with Crippen molar-refractivity contribution in [2.45, 2.75) is 45.7 Å². The van der Waals surface area contributed by atoms with Crippen LogP contribution < -0.4 is 4.91 Å². The predicted molar refractivity (Wildman–Crippen MR) is 67.1 cm³/mol. The Balaban J connectivity index is 2.66. The summed E-state index contributed by atoms with van der Waals surface area (Å²) in [5.41, 5.74) is 7.01. The molecule has 0 aromatic rings. The van der Waals surface area contributed by atoms with Gasteiger partial charge in [0.2, 0.25) is 4.91 Å². The largest absolute Gasteiger partial charge is 0.468 e. The van der Waals surface area contributed by atoms with E-state index in [2.05, 4.69) is 35.7 Å². The minimum atomic E-state index is -0.243. The maximum Gasteiger partial charge on any atom is 0.323 e. The minimum Gasteiger partial charge on any atom is -0.468 e. The molecule has 1 saturated heterocycles. The Kier molecular flexibility index (Phi) is 4.99. The first-order valence-electron chi connectivity index (χ1n) is 6.26. The topological polar surface area (TPSA) is 79.8 Å². The zero-order chi connectivity index (χ0) is 13.8. The second kappa shape index (κ2) is 6.07. The average molecular weight is 255 g/mol. The normalized spacial score (nSPS) is 24.7. The Hall–Kier alpha value is -1.26. The molecule has 0 aliphatic carbocycles. The van der Waals surface area contributed by atoms with E-state index in [0.29, 0.717) is 13.0 Å². The Labute approximate surface area is 108 Å². The summed E-state index contributed by atoms with van der Waals surface area (Å²) in [5.74, 6) is -0.216. The number of rotatable bonds is 4. The summed E-state index contributed by atoms with van der Waals surface area (Å²) in [5, 5.41) is 3.83. The van der Waals surface area contributed by atoms with Crippen LogP contribution in [0, 0.1) is 10.9 Å². The first-order chi connectivity index (χ1) is 8.37. The molecule has 1 aliphatic heterocycles. The maximum absolute atomic E-state index is 11.7. The highest BCUT2D eigenvalue weighted by Crippen LogP contribution is 2.25. The van der Waals surface area contributed by atoms with Crippen molar-refractivity contribution >= 4 is 5.97 Å². The van der Waals surface area contributed by atoms with E-state index in [1.165, 1.54) is 7.11 Å². The molecule has 0 unspecified atom stereocenters. The maximum atomic E-state index is 11.7. The fourth-order valence-corrected chi connectivity index (χ4v) is 2.15. The van der Waals surface area contributed by atoms with Gasteiger partial charge in [-0.15, -0.1) is 0 Å². The van der Waals surface area contributed by atoms with Gasteiger partial charge in [-0.3, -0.25) is 9.69 Å². The van der Waals surface area contributed by atoms with Crippen molar-refractivity contribution in [3.63, 3.8) is 0 Å². The summed E-state index contributed by atoms with van der Waals surface area (Å²) in [6.45, 7) is 8.05. The summed E-state index contributed by atoms with van der Waals surface area (Å²) >= 11 is 0. The highest BCUT2D eigenvalue weighted by atomic mass is 16.5. The molecule has 0 aromatic carbocycles. The van der Waals surface area contributed by atoms with Crippen LogP contribution in [-0.2, 0) is 9.53 Å². The number of methoxy groups -OCH3 is 1. The third-order valence-corrected chi connectivity index (χ3v) is 3.22. The number of esters is 1. The SMILES string of the molecule is COC(=O)[C@@H]1C[C@H](N=[N+]=N)CN1CCC(C)(C)C. The molecule has 102 valence electrons. The van der Waals surface area contributed by atoms with Gasteiger partial charge in [0.05, 0.1) is 7.11 Å². The lowest BCUT2D eigenvalue weighted by molar-refractivity contribution is -0.145. The fraction of sp³-hybridized carbons (Fsp3) is 0.917. The van der Waals surface area contributed by atoms with E-state index in [9.17, 15) is 4.79 Å². The monoisotopic (exact) mass is 255 g/mol. The van der Waals surface area contributed by atoms with Crippen LogP contribution in [0.4, 0.5) is 0 Å². The molecule has 1 aliphatic rings. The van der Waals surface area contributed by atoms with E-state index >= 15 is 0 Å². The van der Waals surface area contributed by atoms with Crippen molar-refractivity contribution in [1.82, 2.24) is 9.81 Å². The van der Waals surface area contributed by atoms with E-state index in [-0.39, 0.29) is 23.5 Å². The molecule has 2 atom stereocenters. The standard InChI is InChI=1S/C12H23N4O2/c1-12(2,3)5-6-16-8-9(14-15-13)7-10(16)11(17)18-4/h9-10,13H,5-8H2,1-4H3/q+1/t9-,10-/m0/s1. The number of carbonyl (C=O) groups is 1. The third-order valence-electron chi connectivity index (χ3n) is 3.22. The van der Waals surface area contributed by atoms with Crippen molar-refractivity contribution in [2.24, 2.45) is 10.5 Å². The summed E-state index contributed by atoms with van der Waals surface area (Å²) in [6.07, 6.45) is 1.60. The average Bonchev–Trinajstić information content (AvgIpc) is 2.68. The number of ether oxygens (including phenoxy) is 1. The lowest BCUT2D eigenvalue weighted by Crippen LogP contribution is -2.38. The van der Waals surface area contributed by atoms with E-state index in [4.69, 9.17) is 10.3 Å². The van der Waals surface area contributed by atoms with Crippen LogP contribution >= 0.6 is 0 Å². The second-order valence-electron chi connectivity index (χ2n) is 5.95. The summed E-state index contributed by atoms with van der Waals surface area (Å²) in [4.78, 5) is 16.9. The minimum absolute atomic E-state index is 0.0634. The number of hydrogen-bond acceptors (Lipinski definition) is 5. The van der Waals surface area contributed by atoms with Gasteiger partial charge in [0, 0.05) is 13.0 Å². The van der Waals surface area contributed by atoms with Gasteiger partial charge in [-0.1, -0.05) is 20.8 Å². The number of nitrogens with one attached hydrogen (secondary N) is 1. The zero-order valence-corrected chi connectivity index (χ0v) is 11.6. The van der Waals surface area contributed by atoms with Crippen LogP contribution in [0.1, 0.15) is 33.6 Å². The molecule has 0 spiro atoms. The van der Waals surface area contributed by atoms with Gasteiger partial charge in [-0.2, -0.15) is 0 Å². The molecule has 1 heterocycles. The van der Waals surface area contributed by atoms with Crippen LogP contribution in [0.15, 0.2) is 5.11 Å². The summed E-state index contributed by atoms with van der Waals surface area (Å²) in [6, 6.07) is -0.306. The number of nitrogens with zero attached hydrogens (tertiary/aromatic N) is 3. The lowest BCUT2D eigenvalue weighted by Gasteiger charge is -2.26. The Morgan fingerprint density at radius 2 is 2.22 bits per heavy atom. The van der Waals surface area contributed by atoms with Crippen LogP contribution in [-0.4, -0.2) is 43.2 Å². The van der Waals surface area contributed by atoms with Gasteiger partial charge in [-0.05, 0) is 18.4 Å². The Bertz CT molecular complexity index is 344. The number of carbonyl (C=O) groups excluding carboxylic acids is 1. The van der Waals surface area contributed by atoms with Crippen LogP contribution in [0.3, 0.4) is 0 Å². The third kappa shape index (κ3) is 4.20. The molecule has 1 rings (SSSR count). The van der Waals surface area contributed by atoms with Crippen LogP contribution in [0.25, 0.3) is 0 Å². The molecule has 6 nitrogen and oxygen atoms in total. The summed E-state index contributed by atoms with van der Waals surface area (Å²) in [7, 11) is 1.41. The molecule has 0 saturated carbocycles. The molecule has 18 heavy (non-hydrogen) atoms. The fourth-order valence-electron chi connectivity index (χ4n) is 2.15. The molecule has 0 amide bonds. The molecule has 6 heteroatoms. The summed E-state index contributed by atoms with van der Waals surface area (Å²) < 4.78 is 4.82. The molecule has 0 aromatic heterocycles. The van der Waals surface area contributed by atoms with Crippen LogP contribution in [0.2, 0.25) is 0 Å². The zero-order valence-electron chi connectivity index (χ0n) is 11.6. The molecule has 0 radical (unpaired) electrons. The smallest absolute Gasteiger partial charge is 0.323 e. The quantitative estimate of drug-likeness (QED) is 0.470. The van der Waals surface area contributed by atoms with Crippen molar-refractivity contribution in [1.29, 1.82) is 5.53 Å². The molecular weight excluding hydrogens is 232 g/mol. The lowest BCUT2D eigenvalue weighted by atomic mass is 9.92. The first-order valence-corrected chi connectivity index (χ1v) is 6.26. The van der Waals surface area contributed by atoms with E-state index in [1.807, 2.05) is 0 Å².